The first-order chi connectivity index (χ1) is 12.3. The van der Waals surface area contributed by atoms with Gasteiger partial charge in [0.05, 0.1) is 5.56 Å². The Morgan fingerprint density at radius 2 is 1.54 bits per heavy atom. The molecule has 6 heteroatoms. The van der Waals surface area contributed by atoms with Crippen molar-refractivity contribution in [2.45, 2.75) is 13.8 Å². The molecular formula is C20H22N2O4. The van der Waals surface area contributed by atoms with Gasteiger partial charge in [0.15, 0.2) is 6.61 Å². The molecule has 0 aliphatic carbocycles. The second kappa shape index (κ2) is 8.29. The van der Waals surface area contributed by atoms with E-state index in [9.17, 15) is 14.4 Å². The van der Waals surface area contributed by atoms with E-state index in [1.54, 1.807) is 50.5 Å². The van der Waals surface area contributed by atoms with Gasteiger partial charge in [-0.3, -0.25) is 9.59 Å². The number of ether oxygens (including phenoxy) is 1. The second-order valence-corrected chi connectivity index (χ2v) is 6.20. The minimum Gasteiger partial charge on any atom is -0.452 e. The topological polar surface area (TPSA) is 75.7 Å². The van der Waals surface area contributed by atoms with E-state index in [1.165, 1.54) is 4.90 Å². The zero-order valence-electron chi connectivity index (χ0n) is 15.3. The van der Waals surface area contributed by atoms with Gasteiger partial charge in [-0.2, -0.15) is 0 Å². The number of anilines is 1. The average Bonchev–Trinajstić information content (AvgIpc) is 2.62. The van der Waals surface area contributed by atoms with Crippen LogP contribution in [-0.2, 0) is 9.53 Å². The van der Waals surface area contributed by atoms with Crippen LogP contribution in [0, 0.1) is 13.8 Å². The summed E-state index contributed by atoms with van der Waals surface area (Å²) in [4.78, 5) is 37.2. The summed E-state index contributed by atoms with van der Waals surface area (Å²) >= 11 is 0. The fourth-order valence-electron chi connectivity index (χ4n) is 2.23. The van der Waals surface area contributed by atoms with Crippen LogP contribution in [0.3, 0.4) is 0 Å². The average molecular weight is 354 g/mol. The predicted molar refractivity (Wildman–Crippen MR) is 99.3 cm³/mol. The summed E-state index contributed by atoms with van der Waals surface area (Å²) in [6.07, 6.45) is 0. The maximum Gasteiger partial charge on any atom is 0.338 e. The quantitative estimate of drug-likeness (QED) is 0.838. The SMILES string of the molecule is Cc1ccc(C(=O)OCC(=O)Nc2ccc(C(=O)N(C)C)cc2)cc1C. The number of esters is 1. The number of hydrogen-bond acceptors (Lipinski definition) is 4. The van der Waals surface area contributed by atoms with Crippen molar-refractivity contribution in [3.8, 4) is 0 Å². The number of rotatable bonds is 5. The highest BCUT2D eigenvalue weighted by Gasteiger charge is 2.12. The van der Waals surface area contributed by atoms with E-state index in [4.69, 9.17) is 4.74 Å². The van der Waals surface area contributed by atoms with Gasteiger partial charge in [-0.25, -0.2) is 4.79 Å². The molecule has 136 valence electrons. The molecule has 2 rings (SSSR count). The summed E-state index contributed by atoms with van der Waals surface area (Å²) in [5, 5.41) is 2.62. The summed E-state index contributed by atoms with van der Waals surface area (Å²) in [5.74, 6) is -1.12. The van der Waals surface area contributed by atoms with Crippen molar-refractivity contribution in [3.63, 3.8) is 0 Å². The number of nitrogens with one attached hydrogen (secondary N) is 1. The molecule has 26 heavy (non-hydrogen) atoms. The highest BCUT2D eigenvalue weighted by Crippen LogP contribution is 2.12. The van der Waals surface area contributed by atoms with Gasteiger partial charge in [0, 0.05) is 25.3 Å². The molecule has 0 aliphatic rings. The Kier molecular flexibility index (Phi) is 6.11. The third kappa shape index (κ3) is 4.92. The largest absolute Gasteiger partial charge is 0.452 e. The molecule has 0 aliphatic heterocycles. The van der Waals surface area contributed by atoms with Crippen molar-refractivity contribution in [1.82, 2.24) is 4.90 Å². The van der Waals surface area contributed by atoms with Crippen LogP contribution in [0.25, 0.3) is 0 Å². The van der Waals surface area contributed by atoms with Gasteiger partial charge in [-0.1, -0.05) is 6.07 Å². The van der Waals surface area contributed by atoms with Gasteiger partial charge >= 0.3 is 5.97 Å². The molecule has 0 aromatic heterocycles. The Morgan fingerprint density at radius 1 is 0.923 bits per heavy atom. The number of amides is 2. The van der Waals surface area contributed by atoms with Gasteiger partial charge in [0.25, 0.3) is 11.8 Å². The standard InChI is InChI=1S/C20H22N2O4/c1-13-5-6-16(11-14(13)2)20(25)26-12-18(23)21-17-9-7-15(8-10-17)19(24)22(3)4/h5-11H,12H2,1-4H3,(H,21,23). The van der Waals surface area contributed by atoms with Gasteiger partial charge < -0.3 is 15.0 Å². The lowest BCUT2D eigenvalue weighted by molar-refractivity contribution is -0.119. The van der Waals surface area contributed by atoms with Crippen LogP contribution in [0.4, 0.5) is 5.69 Å². The minimum atomic E-state index is -0.546. The van der Waals surface area contributed by atoms with Crippen LogP contribution in [0.1, 0.15) is 31.8 Å². The van der Waals surface area contributed by atoms with Crippen LogP contribution in [0.5, 0.6) is 0 Å². The van der Waals surface area contributed by atoms with E-state index in [1.807, 2.05) is 19.9 Å². The zero-order chi connectivity index (χ0) is 19.3. The van der Waals surface area contributed by atoms with Crippen molar-refractivity contribution >= 4 is 23.5 Å². The van der Waals surface area contributed by atoms with Gasteiger partial charge in [0.1, 0.15) is 0 Å². The summed E-state index contributed by atoms with van der Waals surface area (Å²) in [5.41, 5.74) is 3.51. The van der Waals surface area contributed by atoms with Crippen molar-refractivity contribution in [3.05, 3.63) is 64.7 Å². The highest BCUT2D eigenvalue weighted by atomic mass is 16.5. The predicted octanol–water partition coefficient (Wildman–Crippen LogP) is 2.80. The van der Waals surface area contributed by atoms with Crippen LogP contribution in [0.2, 0.25) is 0 Å². The molecular weight excluding hydrogens is 332 g/mol. The molecule has 1 N–H and O–H groups in total. The number of hydrogen-bond donors (Lipinski definition) is 1. The smallest absolute Gasteiger partial charge is 0.338 e. The maximum atomic E-state index is 12.0. The molecule has 2 aromatic rings. The molecule has 2 aromatic carbocycles. The monoisotopic (exact) mass is 354 g/mol. The molecule has 0 unspecified atom stereocenters. The van der Waals surface area contributed by atoms with E-state index in [-0.39, 0.29) is 12.5 Å². The molecule has 2 amide bonds. The summed E-state index contributed by atoms with van der Waals surface area (Å²) in [6.45, 7) is 3.48. The molecule has 0 bridgehead atoms. The fourth-order valence-corrected chi connectivity index (χ4v) is 2.23. The van der Waals surface area contributed by atoms with Gasteiger partial charge in [0.2, 0.25) is 0 Å². The third-order valence-corrected chi connectivity index (χ3v) is 3.90. The van der Waals surface area contributed by atoms with Crippen molar-refractivity contribution < 1.29 is 19.1 Å². The Labute approximate surface area is 152 Å². The van der Waals surface area contributed by atoms with Gasteiger partial charge in [-0.05, 0) is 61.4 Å². The molecule has 0 saturated heterocycles. The lowest BCUT2D eigenvalue weighted by Gasteiger charge is -2.11. The molecule has 6 nitrogen and oxygen atoms in total. The molecule has 0 atom stereocenters. The van der Waals surface area contributed by atoms with Gasteiger partial charge in [-0.15, -0.1) is 0 Å². The number of carbonyl (C=O) groups excluding carboxylic acids is 3. The lowest BCUT2D eigenvalue weighted by Crippen LogP contribution is -2.22. The summed E-state index contributed by atoms with van der Waals surface area (Å²) in [6, 6.07) is 11.7. The first kappa shape index (κ1) is 19.2. The van der Waals surface area contributed by atoms with Crippen LogP contribution >= 0.6 is 0 Å². The molecule has 0 saturated carbocycles. The fraction of sp³-hybridized carbons (Fsp3) is 0.250. The zero-order valence-corrected chi connectivity index (χ0v) is 15.3. The van der Waals surface area contributed by atoms with E-state index in [0.717, 1.165) is 11.1 Å². The van der Waals surface area contributed by atoms with Crippen molar-refractivity contribution in [2.24, 2.45) is 0 Å². The Balaban J connectivity index is 1.89. The second-order valence-electron chi connectivity index (χ2n) is 6.20. The Hall–Kier alpha value is -3.15. The maximum absolute atomic E-state index is 12.0. The summed E-state index contributed by atoms with van der Waals surface area (Å²) < 4.78 is 5.04. The Morgan fingerprint density at radius 3 is 2.12 bits per heavy atom. The van der Waals surface area contributed by atoms with E-state index < -0.39 is 11.9 Å². The van der Waals surface area contributed by atoms with Crippen molar-refractivity contribution in [1.29, 1.82) is 0 Å². The minimum absolute atomic E-state index is 0.120. The molecule has 0 fully saturated rings. The first-order valence-electron chi connectivity index (χ1n) is 8.14. The normalized spacial score (nSPS) is 10.2. The lowest BCUT2D eigenvalue weighted by atomic mass is 10.1. The summed E-state index contributed by atoms with van der Waals surface area (Å²) in [7, 11) is 3.34. The molecule has 0 radical (unpaired) electrons. The van der Waals surface area contributed by atoms with E-state index >= 15 is 0 Å². The third-order valence-electron chi connectivity index (χ3n) is 3.90. The number of carbonyl (C=O) groups is 3. The number of aryl methyl sites for hydroxylation is 2. The number of benzene rings is 2. The molecule has 0 spiro atoms. The molecule has 0 heterocycles. The first-order valence-corrected chi connectivity index (χ1v) is 8.14. The number of nitrogens with zero attached hydrogens (tertiary/aromatic N) is 1. The van der Waals surface area contributed by atoms with Crippen molar-refractivity contribution in [2.75, 3.05) is 26.0 Å². The van der Waals surface area contributed by atoms with Crippen LogP contribution < -0.4 is 5.32 Å². The van der Waals surface area contributed by atoms with Crippen LogP contribution in [0.15, 0.2) is 42.5 Å². The van der Waals surface area contributed by atoms with E-state index in [2.05, 4.69) is 5.32 Å². The highest BCUT2D eigenvalue weighted by molar-refractivity contribution is 5.97. The van der Waals surface area contributed by atoms with Crippen LogP contribution in [-0.4, -0.2) is 43.4 Å². The Bertz CT molecular complexity index is 826. The van der Waals surface area contributed by atoms with E-state index in [0.29, 0.717) is 16.8 Å².